The van der Waals surface area contributed by atoms with Crippen molar-refractivity contribution >= 4 is 23.2 Å². The number of carbonyl (C=O) groups excluding carboxylic acids is 1. The first kappa shape index (κ1) is 24.5. The SMILES string of the molecule is CCCCCCCCCCCC(OC(=S)c1ncc[nH]1)C(F)(F)C(=O)OCC. The minimum absolute atomic E-state index is 0.0164. The van der Waals surface area contributed by atoms with E-state index in [1.807, 2.05) is 0 Å². The van der Waals surface area contributed by atoms with Crippen LogP contribution in [0, 0.1) is 0 Å². The molecule has 0 aliphatic heterocycles. The number of nitrogens with zero attached hydrogens (tertiary/aromatic N) is 1. The van der Waals surface area contributed by atoms with Gasteiger partial charge in [-0.3, -0.25) is 0 Å². The number of carbonyl (C=O) groups is 1. The molecule has 1 aromatic heterocycles. The number of H-pyrrole nitrogens is 1. The van der Waals surface area contributed by atoms with E-state index in [-0.39, 0.29) is 23.9 Å². The molecule has 0 saturated heterocycles. The van der Waals surface area contributed by atoms with Crippen LogP contribution in [0.2, 0.25) is 0 Å². The van der Waals surface area contributed by atoms with Crippen molar-refractivity contribution in [2.24, 2.45) is 0 Å². The lowest BCUT2D eigenvalue weighted by Crippen LogP contribution is -2.45. The summed E-state index contributed by atoms with van der Waals surface area (Å²) in [6.07, 6.45) is 10.8. The number of ether oxygens (including phenoxy) is 2. The fraction of sp³-hybridized carbons (Fsp3) is 0.750. The number of alkyl halides is 2. The standard InChI is InChI=1S/C20H32F2N2O3S/c1-3-5-6-7-8-9-10-11-12-13-16(20(21,22)19(25)26-4-2)27-18(28)17-23-14-15-24-17/h14-16H,3-13H2,1-2H3,(H,23,24). The number of aromatic nitrogens is 2. The Morgan fingerprint density at radius 2 is 1.75 bits per heavy atom. The Morgan fingerprint density at radius 1 is 1.14 bits per heavy atom. The number of esters is 1. The van der Waals surface area contributed by atoms with Gasteiger partial charge < -0.3 is 14.5 Å². The molecule has 28 heavy (non-hydrogen) atoms. The molecule has 0 amide bonds. The largest absolute Gasteiger partial charge is 0.470 e. The molecule has 160 valence electrons. The number of hydrogen-bond acceptors (Lipinski definition) is 5. The molecular formula is C20H32F2N2O3S. The van der Waals surface area contributed by atoms with Crippen LogP contribution in [0.15, 0.2) is 12.4 Å². The lowest BCUT2D eigenvalue weighted by molar-refractivity contribution is -0.187. The molecule has 0 fully saturated rings. The predicted molar refractivity (Wildman–Crippen MR) is 109 cm³/mol. The van der Waals surface area contributed by atoms with Crippen molar-refractivity contribution in [1.29, 1.82) is 0 Å². The van der Waals surface area contributed by atoms with E-state index in [9.17, 15) is 13.6 Å². The minimum Gasteiger partial charge on any atom is -0.470 e. The van der Waals surface area contributed by atoms with Gasteiger partial charge in [-0.05, 0) is 32.0 Å². The maximum atomic E-state index is 14.5. The van der Waals surface area contributed by atoms with Gasteiger partial charge in [0, 0.05) is 12.4 Å². The average molecular weight is 419 g/mol. The van der Waals surface area contributed by atoms with E-state index in [0.29, 0.717) is 6.42 Å². The molecule has 1 rings (SSSR count). The molecule has 0 saturated carbocycles. The van der Waals surface area contributed by atoms with Crippen LogP contribution < -0.4 is 0 Å². The van der Waals surface area contributed by atoms with E-state index in [1.54, 1.807) is 0 Å². The number of rotatable bonds is 15. The van der Waals surface area contributed by atoms with Crippen molar-refractivity contribution in [3.8, 4) is 0 Å². The molecule has 0 aliphatic rings. The first-order valence-corrected chi connectivity index (χ1v) is 10.6. The van der Waals surface area contributed by atoms with Crippen LogP contribution in [0.5, 0.6) is 0 Å². The molecule has 1 N–H and O–H groups in total. The topological polar surface area (TPSA) is 64.2 Å². The van der Waals surface area contributed by atoms with Crippen LogP contribution in [0.3, 0.4) is 0 Å². The molecule has 1 heterocycles. The van der Waals surface area contributed by atoms with Gasteiger partial charge in [0.15, 0.2) is 11.9 Å². The lowest BCUT2D eigenvalue weighted by atomic mass is 10.0. The van der Waals surface area contributed by atoms with E-state index in [0.717, 1.165) is 19.3 Å². The first-order chi connectivity index (χ1) is 13.4. The van der Waals surface area contributed by atoms with E-state index in [1.165, 1.54) is 51.4 Å². The van der Waals surface area contributed by atoms with Gasteiger partial charge in [0.25, 0.3) is 0 Å². The number of imidazole rings is 1. The van der Waals surface area contributed by atoms with E-state index in [4.69, 9.17) is 17.0 Å². The van der Waals surface area contributed by atoms with Crippen molar-refractivity contribution in [3.63, 3.8) is 0 Å². The molecule has 0 spiro atoms. The number of nitrogens with one attached hydrogen (secondary N) is 1. The van der Waals surface area contributed by atoms with Crippen molar-refractivity contribution < 1.29 is 23.0 Å². The Hall–Kier alpha value is -1.57. The molecule has 0 radical (unpaired) electrons. The Labute approximate surface area is 171 Å². The Morgan fingerprint density at radius 3 is 2.29 bits per heavy atom. The van der Waals surface area contributed by atoms with Crippen LogP contribution in [0.1, 0.15) is 83.9 Å². The van der Waals surface area contributed by atoms with Gasteiger partial charge in [-0.1, -0.05) is 58.3 Å². The summed E-state index contributed by atoms with van der Waals surface area (Å²) in [5, 5.41) is -0.185. The van der Waals surface area contributed by atoms with E-state index in [2.05, 4.69) is 21.6 Å². The quantitative estimate of drug-likeness (QED) is 0.228. The smallest absolute Gasteiger partial charge is 0.381 e. The van der Waals surface area contributed by atoms with Crippen LogP contribution >= 0.6 is 12.2 Å². The summed E-state index contributed by atoms with van der Waals surface area (Å²) in [5.41, 5.74) is 0. The van der Waals surface area contributed by atoms with Gasteiger partial charge >= 0.3 is 11.9 Å². The van der Waals surface area contributed by atoms with Crippen molar-refractivity contribution in [2.75, 3.05) is 6.61 Å². The molecule has 0 aromatic carbocycles. The zero-order valence-electron chi connectivity index (χ0n) is 16.8. The summed E-state index contributed by atoms with van der Waals surface area (Å²) in [5.74, 6) is -5.17. The summed E-state index contributed by atoms with van der Waals surface area (Å²) in [4.78, 5) is 18.3. The highest BCUT2D eigenvalue weighted by atomic mass is 32.1. The average Bonchev–Trinajstić information content (AvgIpc) is 3.20. The molecule has 5 nitrogen and oxygen atoms in total. The predicted octanol–water partition coefficient (Wildman–Crippen LogP) is 5.59. The van der Waals surface area contributed by atoms with Crippen molar-refractivity contribution in [3.05, 3.63) is 18.2 Å². The van der Waals surface area contributed by atoms with Gasteiger partial charge in [0.1, 0.15) is 0 Å². The Kier molecular flexibility index (Phi) is 11.9. The first-order valence-electron chi connectivity index (χ1n) is 10.2. The zero-order valence-corrected chi connectivity index (χ0v) is 17.7. The fourth-order valence-electron chi connectivity index (χ4n) is 2.88. The molecule has 8 heteroatoms. The second kappa shape index (κ2) is 13.6. The third kappa shape index (κ3) is 8.63. The minimum atomic E-state index is -3.77. The second-order valence-corrected chi connectivity index (χ2v) is 7.16. The van der Waals surface area contributed by atoms with Gasteiger partial charge in [-0.15, -0.1) is 0 Å². The highest BCUT2D eigenvalue weighted by Gasteiger charge is 2.50. The Balaban J connectivity index is 2.51. The number of aromatic amines is 1. The molecule has 1 aromatic rings. The third-order valence-corrected chi connectivity index (χ3v) is 4.75. The highest BCUT2D eigenvalue weighted by Crippen LogP contribution is 2.28. The molecule has 1 unspecified atom stereocenters. The van der Waals surface area contributed by atoms with Crippen molar-refractivity contribution in [2.45, 2.75) is 90.1 Å². The third-order valence-electron chi connectivity index (χ3n) is 4.46. The Bertz CT molecular complexity index is 568. The number of hydrogen-bond donors (Lipinski definition) is 1. The monoisotopic (exact) mass is 418 g/mol. The van der Waals surface area contributed by atoms with Gasteiger partial charge in [-0.2, -0.15) is 8.78 Å². The number of thiocarbonyl (C=S) groups is 1. The van der Waals surface area contributed by atoms with Crippen LogP contribution in [-0.4, -0.2) is 39.6 Å². The summed E-state index contributed by atoms with van der Waals surface area (Å²) in [6.45, 7) is 3.54. The maximum absolute atomic E-state index is 14.5. The summed E-state index contributed by atoms with van der Waals surface area (Å²) in [6, 6.07) is 0. The molecular weight excluding hydrogens is 386 g/mol. The van der Waals surface area contributed by atoms with Crippen LogP contribution in [0.25, 0.3) is 0 Å². The van der Waals surface area contributed by atoms with Gasteiger partial charge in [0.05, 0.1) is 6.61 Å². The zero-order chi connectivity index (χ0) is 20.8. The van der Waals surface area contributed by atoms with E-state index < -0.39 is 18.0 Å². The van der Waals surface area contributed by atoms with Crippen LogP contribution in [0.4, 0.5) is 8.78 Å². The maximum Gasteiger partial charge on any atom is 0.381 e. The summed E-state index contributed by atoms with van der Waals surface area (Å²) < 4.78 is 38.9. The lowest BCUT2D eigenvalue weighted by Gasteiger charge is -2.25. The van der Waals surface area contributed by atoms with Gasteiger partial charge in [0.2, 0.25) is 5.05 Å². The van der Waals surface area contributed by atoms with E-state index >= 15 is 0 Å². The molecule has 0 bridgehead atoms. The molecule has 0 aliphatic carbocycles. The fourth-order valence-corrected chi connectivity index (χ4v) is 3.10. The normalized spacial score (nSPS) is 12.6. The molecule has 1 atom stereocenters. The highest BCUT2D eigenvalue weighted by molar-refractivity contribution is 7.80. The number of halogens is 2. The second-order valence-electron chi connectivity index (χ2n) is 6.79. The summed E-state index contributed by atoms with van der Waals surface area (Å²) in [7, 11) is 0. The van der Waals surface area contributed by atoms with Gasteiger partial charge in [-0.25, -0.2) is 9.78 Å². The van der Waals surface area contributed by atoms with Crippen LogP contribution in [-0.2, 0) is 14.3 Å². The number of unbranched alkanes of at least 4 members (excludes halogenated alkanes) is 8. The van der Waals surface area contributed by atoms with Crippen molar-refractivity contribution in [1.82, 2.24) is 9.97 Å². The summed E-state index contributed by atoms with van der Waals surface area (Å²) >= 11 is 5.04.